The summed E-state index contributed by atoms with van der Waals surface area (Å²) in [6.45, 7) is -0.0570. The number of carbonyl (C=O) groups is 2. The van der Waals surface area contributed by atoms with E-state index in [0.29, 0.717) is 29.4 Å². The first-order valence-electron chi connectivity index (χ1n) is 13.2. The van der Waals surface area contributed by atoms with E-state index in [2.05, 4.69) is 25.8 Å². The number of carbonyl (C=O) groups excluding carboxylic acids is 1. The van der Waals surface area contributed by atoms with Gasteiger partial charge in [0.2, 0.25) is 0 Å². The van der Waals surface area contributed by atoms with Gasteiger partial charge in [-0.2, -0.15) is 0 Å². The monoisotopic (exact) mass is 519 g/mol. The molecule has 0 saturated heterocycles. The number of nitrogens with zero attached hydrogens (tertiary/aromatic N) is 3. The number of benzene rings is 1. The molecule has 5 rings (SSSR count). The minimum atomic E-state index is -0.673. The molecule has 200 valence electrons. The Kier molecular flexibility index (Phi) is 7.86. The molecule has 0 aliphatic heterocycles. The van der Waals surface area contributed by atoms with Gasteiger partial charge < -0.3 is 24.9 Å². The van der Waals surface area contributed by atoms with Gasteiger partial charge >= 0.3 is 23.8 Å². The fourth-order valence-corrected chi connectivity index (χ4v) is 5.76. The van der Waals surface area contributed by atoms with Crippen LogP contribution >= 0.6 is 0 Å². The third-order valence-electron chi connectivity index (χ3n) is 7.97. The Balaban J connectivity index is 1.04. The molecule has 10 nitrogen and oxygen atoms in total. The molecule has 2 fully saturated rings. The average Bonchev–Trinajstić information content (AvgIpc) is 3.40. The highest BCUT2D eigenvalue weighted by atomic mass is 16.5. The summed E-state index contributed by atoms with van der Waals surface area (Å²) < 4.78 is 11.0. The Hall–Kier alpha value is -3.95. The number of carboxylic acids is 1. The summed E-state index contributed by atoms with van der Waals surface area (Å²) in [7, 11) is 0. The SMILES string of the molecule is O=C(O)CC1CCC2(CC1)CCC(c1ccc(OCNC(=O)c3nnc(Nc4ccccc4)o3)cn1)CC2. The number of pyridine rings is 1. The zero-order chi connectivity index (χ0) is 26.4. The van der Waals surface area contributed by atoms with Crippen LogP contribution in [0.4, 0.5) is 11.7 Å². The number of hydrogen-bond acceptors (Lipinski definition) is 8. The van der Waals surface area contributed by atoms with Gasteiger partial charge in [0.25, 0.3) is 0 Å². The van der Waals surface area contributed by atoms with Crippen molar-refractivity contribution in [1.29, 1.82) is 0 Å². The molecule has 1 aromatic carbocycles. The van der Waals surface area contributed by atoms with Gasteiger partial charge in [0.15, 0.2) is 6.73 Å². The second-order valence-corrected chi connectivity index (χ2v) is 10.4. The number of para-hydroxylation sites is 1. The second kappa shape index (κ2) is 11.6. The van der Waals surface area contributed by atoms with Crippen LogP contribution in [0.2, 0.25) is 0 Å². The number of nitrogens with one attached hydrogen (secondary N) is 2. The molecule has 2 saturated carbocycles. The molecule has 3 N–H and O–H groups in total. The predicted octanol–water partition coefficient (Wildman–Crippen LogP) is 5.28. The van der Waals surface area contributed by atoms with Gasteiger partial charge in [0.1, 0.15) is 5.75 Å². The lowest BCUT2D eigenvalue weighted by Crippen LogP contribution is -2.32. The lowest BCUT2D eigenvalue weighted by Gasteiger charge is -2.44. The molecule has 38 heavy (non-hydrogen) atoms. The standard InChI is InChI=1S/C28H33N5O5/c34-24(35)16-19-8-12-28(13-9-19)14-10-20(11-15-28)23-7-6-22(17-29-23)37-18-30-25(36)26-32-33-27(38-26)31-21-4-2-1-3-5-21/h1-7,17,19-20H,8-16,18H2,(H,30,36)(H,31,33)(H,34,35). The predicted molar refractivity (Wildman–Crippen MR) is 139 cm³/mol. The van der Waals surface area contributed by atoms with Crippen LogP contribution in [0.25, 0.3) is 0 Å². The normalized spacial score (nSPS) is 23.1. The summed E-state index contributed by atoms with van der Waals surface area (Å²) >= 11 is 0. The maximum Gasteiger partial charge on any atom is 0.320 e. The van der Waals surface area contributed by atoms with Crippen molar-refractivity contribution in [2.24, 2.45) is 11.3 Å². The number of amides is 1. The number of anilines is 2. The molecule has 0 unspecified atom stereocenters. The van der Waals surface area contributed by atoms with Gasteiger partial charge in [0, 0.05) is 23.7 Å². The van der Waals surface area contributed by atoms with Gasteiger partial charge in [-0.3, -0.25) is 14.6 Å². The van der Waals surface area contributed by atoms with Crippen LogP contribution in [0.3, 0.4) is 0 Å². The van der Waals surface area contributed by atoms with Crippen molar-refractivity contribution in [3.63, 3.8) is 0 Å². The Bertz CT molecular complexity index is 1210. The van der Waals surface area contributed by atoms with Crippen molar-refractivity contribution >= 4 is 23.6 Å². The Labute approximate surface area is 221 Å². The number of hydrogen-bond donors (Lipinski definition) is 3. The summed E-state index contributed by atoms with van der Waals surface area (Å²) in [5.41, 5.74) is 2.24. The van der Waals surface area contributed by atoms with Gasteiger partial charge in [-0.05, 0) is 87.0 Å². The molecule has 2 aromatic heterocycles. The zero-order valence-corrected chi connectivity index (χ0v) is 21.3. The van der Waals surface area contributed by atoms with Crippen molar-refractivity contribution in [1.82, 2.24) is 20.5 Å². The molecule has 0 atom stereocenters. The maximum absolute atomic E-state index is 12.3. The molecular formula is C28H33N5O5. The van der Waals surface area contributed by atoms with Crippen LogP contribution in [-0.4, -0.2) is 38.9 Å². The van der Waals surface area contributed by atoms with Crippen LogP contribution in [0, 0.1) is 11.3 Å². The van der Waals surface area contributed by atoms with E-state index in [9.17, 15) is 9.59 Å². The fraction of sp³-hybridized carbons (Fsp3) is 0.464. The largest absolute Gasteiger partial charge is 0.481 e. The molecular weight excluding hydrogens is 486 g/mol. The molecule has 1 amide bonds. The van der Waals surface area contributed by atoms with E-state index >= 15 is 0 Å². The summed E-state index contributed by atoms with van der Waals surface area (Å²) in [5.74, 6) is -0.0244. The lowest BCUT2D eigenvalue weighted by molar-refractivity contribution is -0.138. The molecule has 2 aliphatic rings. The van der Waals surface area contributed by atoms with E-state index in [1.807, 2.05) is 42.5 Å². The van der Waals surface area contributed by atoms with Gasteiger partial charge in [0.05, 0.1) is 6.20 Å². The van der Waals surface area contributed by atoms with E-state index in [0.717, 1.165) is 49.9 Å². The highest BCUT2D eigenvalue weighted by Crippen LogP contribution is 2.52. The third-order valence-corrected chi connectivity index (χ3v) is 7.97. The zero-order valence-electron chi connectivity index (χ0n) is 21.3. The van der Waals surface area contributed by atoms with Crippen molar-refractivity contribution < 1.29 is 23.8 Å². The minimum absolute atomic E-state index is 0.0570. The maximum atomic E-state index is 12.3. The number of aromatic nitrogens is 3. The van der Waals surface area contributed by atoms with E-state index < -0.39 is 11.9 Å². The number of rotatable bonds is 9. The van der Waals surface area contributed by atoms with E-state index in [-0.39, 0.29) is 18.6 Å². The first kappa shape index (κ1) is 25.7. The Morgan fingerprint density at radius 2 is 1.74 bits per heavy atom. The van der Waals surface area contributed by atoms with Crippen molar-refractivity contribution in [2.45, 2.75) is 63.7 Å². The van der Waals surface area contributed by atoms with E-state index in [4.69, 9.17) is 14.3 Å². The van der Waals surface area contributed by atoms with Gasteiger partial charge in [-0.25, -0.2) is 0 Å². The molecule has 3 aromatic rings. The first-order chi connectivity index (χ1) is 18.5. The third kappa shape index (κ3) is 6.48. The van der Waals surface area contributed by atoms with Gasteiger partial charge in [-0.15, -0.1) is 5.10 Å². The number of aliphatic carboxylic acids is 1. The molecule has 1 spiro atoms. The molecule has 2 heterocycles. The number of carboxylic acid groups (broad SMARTS) is 1. The average molecular weight is 520 g/mol. The van der Waals surface area contributed by atoms with Crippen LogP contribution in [-0.2, 0) is 4.79 Å². The first-order valence-corrected chi connectivity index (χ1v) is 13.2. The van der Waals surface area contributed by atoms with Gasteiger partial charge in [-0.1, -0.05) is 23.3 Å². The summed E-state index contributed by atoms with van der Waals surface area (Å²) in [4.78, 5) is 27.9. The Morgan fingerprint density at radius 1 is 1.00 bits per heavy atom. The lowest BCUT2D eigenvalue weighted by atomic mass is 9.61. The highest BCUT2D eigenvalue weighted by Gasteiger charge is 2.39. The molecule has 10 heteroatoms. The van der Waals surface area contributed by atoms with Crippen LogP contribution in [0.5, 0.6) is 5.75 Å². The van der Waals surface area contributed by atoms with Crippen molar-refractivity contribution in [3.8, 4) is 5.75 Å². The van der Waals surface area contributed by atoms with E-state index in [1.54, 1.807) is 6.20 Å². The molecule has 2 aliphatic carbocycles. The molecule has 0 radical (unpaired) electrons. The van der Waals surface area contributed by atoms with Crippen LogP contribution < -0.4 is 15.4 Å². The topological polar surface area (TPSA) is 139 Å². The smallest absolute Gasteiger partial charge is 0.320 e. The fourth-order valence-electron chi connectivity index (χ4n) is 5.76. The number of ether oxygens (including phenoxy) is 1. The summed E-state index contributed by atoms with van der Waals surface area (Å²) in [6, 6.07) is 13.3. The highest BCUT2D eigenvalue weighted by molar-refractivity contribution is 5.89. The van der Waals surface area contributed by atoms with E-state index in [1.165, 1.54) is 12.8 Å². The molecule has 0 bridgehead atoms. The van der Waals surface area contributed by atoms with Crippen LogP contribution in [0.15, 0.2) is 53.1 Å². The quantitative estimate of drug-likeness (QED) is 0.322. The van der Waals surface area contributed by atoms with Crippen molar-refractivity contribution in [3.05, 3.63) is 60.2 Å². The summed E-state index contributed by atoms with van der Waals surface area (Å²) in [5, 5.41) is 22.2. The minimum Gasteiger partial charge on any atom is -0.481 e. The summed E-state index contributed by atoms with van der Waals surface area (Å²) in [6.07, 6.45) is 11.0. The Morgan fingerprint density at radius 3 is 2.42 bits per heavy atom. The van der Waals surface area contributed by atoms with Crippen LogP contribution in [0.1, 0.15) is 80.1 Å². The second-order valence-electron chi connectivity index (χ2n) is 10.4. The van der Waals surface area contributed by atoms with Crippen molar-refractivity contribution in [2.75, 3.05) is 12.0 Å².